The maximum atomic E-state index is 3.62. The smallest absolute Gasteiger partial charge is 0.0477 e. The number of benzene rings is 1. The minimum absolute atomic E-state index is 0.330. The molecule has 14 heavy (non-hydrogen) atoms. The van der Waals surface area contributed by atoms with Crippen LogP contribution in [-0.4, -0.2) is 12.0 Å². The monoisotopic (exact) mass is 252 g/mol. The Morgan fingerprint density at radius 1 is 1.36 bits per heavy atom. The molecule has 1 aromatic heterocycles. The highest BCUT2D eigenvalue weighted by molar-refractivity contribution is 9.10. The van der Waals surface area contributed by atoms with Crippen LogP contribution in [0.15, 0.2) is 28.7 Å². The zero-order valence-electron chi connectivity index (χ0n) is 8.26. The van der Waals surface area contributed by atoms with Crippen molar-refractivity contribution in [2.45, 2.75) is 13.0 Å². The van der Waals surface area contributed by atoms with Crippen molar-refractivity contribution in [2.75, 3.05) is 7.05 Å². The predicted octanol–water partition coefficient (Wildman–Crippen LogP) is 3.21. The summed E-state index contributed by atoms with van der Waals surface area (Å²) >= 11 is 3.62. The molecule has 2 nitrogen and oxygen atoms in total. The minimum atomic E-state index is 0.330. The van der Waals surface area contributed by atoms with Crippen LogP contribution in [0.1, 0.15) is 18.7 Å². The van der Waals surface area contributed by atoms with Gasteiger partial charge >= 0.3 is 0 Å². The highest BCUT2D eigenvalue weighted by Crippen LogP contribution is 2.30. The van der Waals surface area contributed by atoms with E-state index in [9.17, 15) is 0 Å². The lowest BCUT2D eigenvalue weighted by molar-refractivity contribution is 0.635. The molecular weight excluding hydrogens is 240 g/mol. The van der Waals surface area contributed by atoms with Gasteiger partial charge in [0.2, 0.25) is 0 Å². The molecule has 74 valence electrons. The number of hydrogen-bond acceptors (Lipinski definition) is 1. The number of rotatable bonds is 2. The molecule has 0 saturated carbocycles. The summed E-state index contributed by atoms with van der Waals surface area (Å²) in [7, 11) is 1.96. The Kier molecular flexibility index (Phi) is 2.61. The van der Waals surface area contributed by atoms with Crippen LogP contribution < -0.4 is 5.32 Å². The standard InChI is InChI=1S/C11H13BrN2/c1-7(13-2)11-10(12)8-5-3-4-6-9(8)14-11/h3-7,13-14H,1-2H3. The summed E-state index contributed by atoms with van der Waals surface area (Å²) in [5.41, 5.74) is 2.38. The Hall–Kier alpha value is -0.800. The Balaban J connectivity index is 2.62. The third-order valence-corrected chi connectivity index (χ3v) is 3.39. The number of fused-ring (bicyclic) bond motifs is 1. The summed E-state index contributed by atoms with van der Waals surface area (Å²) in [6.45, 7) is 2.13. The second kappa shape index (κ2) is 3.75. The molecule has 0 radical (unpaired) electrons. The maximum absolute atomic E-state index is 3.62. The van der Waals surface area contributed by atoms with Crippen LogP contribution in [0.2, 0.25) is 0 Å². The van der Waals surface area contributed by atoms with Crippen LogP contribution in [0.5, 0.6) is 0 Å². The summed E-state index contributed by atoms with van der Waals surface area (Å²) < 4.78 is 1.16. The third kappa shape index (κ3) is 1.47. The van der Waals surface area contributed by atoms with E-state index in [1.165, 1.54) is 16.6 Å². The van der Waals surface area contributed by atoms with E-state index in [1.807, 2.05) is 13.1 Å². The van der Waals surface area contributed by atoms with E-state index in [2.05, 4.69) is 51.4 Å². The van der Waals surface area contributed by atoms with E-state index < -0.39 is 0 Å². The highest BCUT2D eigenvalue weighted by atomic mass is 79.9. The summed E-state index contributed by atoms with van der Waals surface area (Å²) in [5.74, 6) is 0. The van der Waals surface area contributed by atoms with Gasteiger partial charge in [-0.1, -0.05) is 18.2 Å². The normalized spacial score (nSPS) is 13.4. The first kappa shape index (κ1) is 9.74. The van der Waals surface area contributed by atoms with Gasteiger partial charge in [-0.05, 0) is 36.0 Å². The molecule has 3 heteroatoms. The maximum Gasteiger partial charge on any atom is 0.0477 e. The molecule has 0 aliphatic heterocycles. The highest BCUT2D eigenvalue weighted by Gasteiger charge is 2.12. The fraction of sp³-hybridized carbons (Fsp3) is 0.273. The lowest BCUT2D eigenvalue weighted by atomic mass is 10.2. The quantitative estimate of drug-likeness (QED) is 0.845. The van der Waals surface area contributed by atoms with Crippen LogP contribution in [0, 0.1) is 0 Å². The first-order valence-electron chi connectivity index (χ1n) is 4.67. The van der Waals surface area contributed by atoms with Gasteiger partial charge < -0.3 is 10.3 Å². The number of H-pyrrole nitrogens is 1. The molecule has 1 atom stereocenters. The summed E-state index contributed by atoms with van der Waals surface area (Å²) in [5, 5.41) is 4.46. The fourth-order valence-electron chi connectivity index (χ4n) is 1.57. The Bertz CT molecular complexity index is 447. The average Bonchev–Trinajstić information content (AvgIpc) is 2.56. The summed E-state index contributed by atoms with van der Waals surface area (Å²) in [6.07, 6.45) is 0. The predicted molar refractivity (Wildman–Crippen MR) is 63.5 cm³/mol. The molecule has 0 fully saturated rings. The first-order valence-corrected chi connectivity index (χ1v) is 5.46. The van der Waals surface area contributed by atoms with Crippen LogP contribution in [0.3, 0.4) is 0 Å². The second-order valence-corrected chi connectivity index (χ2v) is 4.20. The van der Waals surface area contributed by atoms with Crippen molar-refractivity contribution in [1.82, 2.24) is 10.3 Å². The number of aromatic nitrogens is 1. The fourth-order valence-corrected chi connectivity index (χ4v) is 2.36. The van der Waals surface area contributed by atoms with Gasteiger partial charge in [-0.15, -0.1) is 0 Å². The van der Waals surface area contributed by atoms with Crippen molar-refractivity contribution >= 4 is 26.8 Å². The molecule has 0 saturated heterocycles. The molecule has 0 bridgehead atoms. The number of halogens is 1. The van der Waals surface area contributed by atoms with Crippen molar-refractivity contribution in [1.29, 1.82) is 0 Å². The van der Waals surface area contributed by atoms with Crippen molar-refractivity contribution in [3.8, 4) is 0 Å². The SMILES string of the molecule is CNC(C)c1[nH]c2ccccc2c1Br. The molecule has 2 rings (SSSR count). The summed E-state index contributed by atoms with van der Waals surface area (Å²) in [4.78, 5) is 3.41. The molecule has 2 N–H and O–H groups in total. The van der Waals surface area contributed by atoms with Gasteiger partial charge in [0.1, 0.15) is 0 Å². The van der Waals surface area contributed by atoms with Gasteiger partial charge in [-0.2, -0.15) is 0 Å². The molecular formula is C11H13BrN2. The topological polar surface area (TPSA) is 27.8 Å². The van der Waals surface area contributed by atoms with Gasteiger partial charge in [-0.25, -0.2) is 0 Å². The molecule has 1 heterocycles. The van der Waals surface area contributed by atoms with Gasteiger partial charge in [0.25, 0.3) is 0 Å². The largest absolute Gasteiger partial charge is 0.356 e. The molecule has 0 aliphatic rings. The zero-order valence-corrected chi connectivity index (χ0v) is 9.85. The number of para-hydroxylation sites is 1. The Labute approximate surface area is 91.8 Å². The van der Waals surface area contributed by atoms with Crippen LogP contribution in [0.25, 0.3) is 10.9 Å². The lowest BCUT2D eigenvalue weighted by Gasteiger charge is -2.08. The third-order valence-electron chi connectivity index (χ3n) is 2.54. The van der Waals surface area contributed by atoms with Crippen molar-refractivity contribution in [3.05, 3.63) is 34.4 Å². The molecule has 2 aromatic rings. The van der Waals surface area contributed by atoms with Gasteiger partial charge in [0, 0.05) is 27.1 Å². The van der Waals surface area contributed by atoms with E-state index in [0.29, 0.717) is 6.04 Å². The average molecular weight is 253 g/mol. The molecule has 0 spiro atoms. The molecule has 1 aromatic carbocycles. The van der Waals surface area contributed by atoms with Crippen molar-refractivity contribution < 1.29 is 0 Å². The first-order chi connectivity index (χ1) is 6.74. The van der Waals surface area contributed by atoms with Crippen LogP contribution in [-0.2, 0) is 0 Å². The van der Waals surface area contributed by atoms with E-state index in [0.717, 1.165) is 4.47 Å². The second-order valence-electron chi connectivity index (χ2n) is 3.41. The Morgan fingerprint density at radius 2 is 2.07 bits per heavy atom. The number of aromatic amines is 1. The van der Waals surface area contributed by atoms with Crippen LogP contribution in [0.4, 0.5) is 0 Å². The van der Waals surface area contributed by atoms with E-state index in [1.54, 1.807) is 0 Å². The molecule has 0 aliphatic carbocycles. The lowest BCUT2D eigenvalue weighted by Crippen LogP contribution is -2.12. The van der Waals surface area contributed by atoms with Crippen molar-refractivity contribution in [3.63, 3.8) is 0 Å². The number of hydrogen-bond donors (Lipinski definition) is 2. The van der Waals surface area contributed by atoms with Crippen LogP contribution >= 0.6 is 15.9 Å². The van der Waals surface area contributed by atoms with Gasteiger partial charge in [-0.3, -0.25) is 0 Å². The van der Waals surface area contributed by atoms with Gasteiger partial charge in [0.05, 0.1) is 0 Å². The zero-order chi connectivity index (χ0) is 10.1. The summed E-state index contributed by atoms with van der Waals surface area (Å²) in [6, 6.07) is 8.62. The number of nitrogens with one attached hydrogen (secondary N) is 2. The van der Waals surface area contributed by atoms with E-state index >= 15 is 0 Å². The van der Waals surface area contributed by atoms with E-state index in [4.69, 9.17) is 0 Å². The van der Waals surface area contributed by atoms with E-state index in [-0.39, 0.29) is 0 Å². The molecule has 1 unspecified atom stereocenters. The van der Waals surface area contributed by atoms with Gasteiger partial charge in [0.15, 0.2) is 0 Å². The van der Waals surface area contributed by atoms with Crippen molar-refractivity contribution in [2.24, 2.45) is 0 Å². The molecule has 0 amide bonds. The minimum Gasteiger partial charge on any atom is -0.356 e. The Morgan fingerprint density at radius 3 is 2.71 bits per heavy atom.